The molecule has 0 amide bonds. The molecule has 0 bridgehead atoms. The second-order valence-electron chi connectivity index (χ2n) is 4.21. The van der Waals surface area contributed by atoms with Gasteiger partial charge in [-0.05, 0) is 19.2 Å². The number of benzene rings is 2. The molecule has 0 aliphatic carbocycles. The first-order chi connectivity index (χ1) is 9.31. The zero-order valence-electron chi connectivity index (χ0n) is 11.5. The van der Waals surface area contributed by atoms with Crippen LogP contribution in [0, 0.1) is 0 Å². The van der Waals surface area contributed by atoms with E-state index in [-0.39, 0.29) is 6.04 Å². The van der Waals surface area contributed by atoms with Gasteiger partial charge in [-0.15, -0.1) is 0 Å². The summed E-state index contributed by atoms with van der Waals surface area (Å²) in [5.74, 6) is 1.74. The van der Waals surface area contributed by atoms with Crippen LogP contribution in [-0.4, -0.2) is 21.3 Å². The van der Waals surface area contributed by atoms with Gasteiger partial charge in [-0.25, -0.2) is 0 Å². The van der Waals surface area contributed by atoms with E-state index >= 15 is 0 Å². The summed E-state index contributed by atoms with van der Waals surface area (Å²) >= 11 is 0. The van der Waals surface area contributed by atoms with Crippen molar-refractivity contribution < 1.29 is 9.47 Å². The molecular weight excluding hydrogens is 238 g/mol. The molecule has 0 aliphatic rings. The normalized spacial score (nSPS) is 10.5. The first-order valence-corrected chi connectivity index (χ1v) is 6.25. The molecule has 0 saturated heterocycles. The summed E-state index contributed by atoms with van der Waals surface area (Å²) in [6.45, 7) is 0. The van der Waals surface area contributed by atoms with E-state index in [9.17, 15) is 0 Å². The Kier molecular flexibility index (Phi) is 4.42. The summed E-state index contributed by atoms with van der Waals surface area (Å²) in [7, 11) is 5.31. The van der Waals surface area contributed by atoms with Crippen LogP contribution in [0.1, 0.15) is 17.2 Å². The highest BCUT2D eigenvalue weighted by atomic mass is 16.5. The zero-order valence-corrected chi connectivity index (χ0v) is 11.5. The molecule has 2 rings (SSSR count). The minimum atomic E-state index is 0.0345. The molecule has 100 valence electrons. The van der Waals surface area contributed by atoms with Crippen LogP contribution in [0.3, 0.4) is 0 Å². The Balaban J connectivity index is 2.50. The molecule has 19 heavy (non-hydrogen) atoms. The van der Waals surface area contributed by atoms with E-state index < -0.39 is 0 Å². The molecule has 0 fully saturated rings. The molecule has 2 aromatic carbocycles. The van der Waals surface area contributed by atoms with E-state index in [1.165, 1.54) is 0 Å². The van der Waals surface area contributed by atoms with E-state index in [0.29, 0.717) is 0 Å². The first kappa shape index (κ1) is 13.4. The highest BCUT2D eigenvalue weighted by molar-refractivity contribution is 5.46. The van der Waals surface area contributed by atoms with Gasteiger partial charge in [-0.3, -0.25) is 0 Å². The van der Waals surface area contributed by atoms with Crippen molar-refractivity contribution in [1.29, 1.82) is 0 Å². The maximum atomic E-state index is 5.44. The molecule has 0 radical (unpaired) electrons. The Morgan fingerprint density at radius 2 is 1.21 bits per heavy atom. The fourth-order valence-electron chi connectivity index (χ4n) is 2.29. The van der Waals surface area contributed by atoms with Crippen LogP contribution in [0.15, 0.2) is 48.5 Å². The van der Waals surface area contributed by atoms with Gasteiger partial charge >= 0.3 is 0 Å². The van der Waals surface area contributed by atoms with Crippen LogP contribution < -0.4 is 14.8 Å². The highest BCUT2D eigenvalue weighted by Crippen LogP contribution is 2.34. The van der Waals surface area contributed by atoms with Gasteiger partial charge in [0.15, 0.2) is 0 Å². The molecule has 3 heteroatoms. The van der Waals surface area contributed by atoms with Crippen LogP contribution in [0.2, 0.25) is 0 Å². The molecular formula is C16H19NO2. The number of nitrogens with one attached hydrogen (secondary N) is 1. The average Bonchev–Trinajstić information content (AvgIpc) is 2.49. The van der Waals surface area contributed by atoms with Crippen molar-refractivity contribution in [3.63, 3.8) is 0 Å². The van der Waals surface area contributed by atoms with Crippen LogP contribution in [-0.2, 0) is 0 Å². The number of hydrogen-bond acceptors (Lipinski definition) is 3. The Labute approximate surface area is 114 Å². The van der Waals surface area contributed by atoms with Gasteiger partial charge in [0.1, 0.15) is 11.5 Å². The fraction of sp³-hybridized carbons (Fsp3) is 0.250. The first-order valence-electron chi connectivity index (χ1n) is 6.25. The molecule has 0 heterocycles. The van der Waals surface area contributed by atoms with Crippen molar-refractivity contribution in [3.05, 3.63) is 59.7 Å². The van der Waals surface area contributed by atoms with Gasteiger partial charge < -0.3 is 14.8 Å². The van der Waals surface area contributed by atoms with Crippen LogP contribution in [0.5, 0.6) is 11.5 Å². The largest absolute Gasteiger partial charge is 0.496 e. The summed E-state index contributed by atoms with van der Waals surface area (Å²) in [6.07, 6.45) is 0. The van der Waals surface area contributed by atoms with E-state index in [1.807, 2.05) is 43.4 Å². The minimum absolute atomic E-state index is 0.0345. The summed E-state index contributed by atoms with van der Waals surface area (Å²) in [5, 5.41) is 3.32. The van der Waals surface area contributed by atoms with Crippen molar-refractivity contribution >= 4 is 0 Å². The number of para-hydroxylation sites is 2. The average molecular weight is 257 g/mol. The third kappa shape index (κ3) is 2.71. The molecule has 0 unspecified atom stereocenters. The SMILES string of the molecule is CNC(c1ccccc1OC)c1ccccc1OC. The summed E-state index contributed by atoms with van der Waals surface area (Å²) in [4.78, 5) is 0. The van der Waals surface area contributed by atoms with Gasteiger partial charge in [0, 0.05) is 11.1 Å². The predicted molar refractivity (Wildman–Crippen MR) is 76.9 cm³/mol. The Bertz CT molecular complexity index is 492. The number of ether oxygens (including phenoxy) is 2. The topological polar surface area (TPSA) is 30.5 Å². The van der Waals surface area contributed by atoms with Gasteiger partial charge in [0.25, 0.3) is 0 Å². The maximum Gasteiger partial charge on any atom is 0.123 e. The summed E-state index contributed by atoms with van der Waals surface area (Å²) < 4.78 is 10.9. The van der Waals surface area contributed by atoms with Gasteiger partial charge in [0.05, 0.1) is 20.3 Å². The maximum absolute atomic E-state index is 5.44. The predicted octanol–water partition coefficient (Wildman–Crippen LogP) is 3.01. The molecule has 3 nitrogen and oxygen atoms in total. The van der Waals surface area contributed by atoms with E-state index in [2.05, 4.69) is 17.4 Å². The summed E-state index contributed by atoms with van der Waals surface area (Å²) in [6, 6.07) is 16.1. The van der Waals surface area contributed by atoms with Crippen molar-refractivity contribution in [2.24, 2.45) is 0 Å². The van der Waals surface area contributed by atoms with E-state index in [0.717, 1.165) is 22.6 Å². The standard InChI is InChI=1S/C16H19NO2/c1-17-16(12-8-4-6-10-14(12)18-2)13-9-5-7-11-15(13)19-3/h4-11,16-17H,1-3H3. The second kappa shape index (κ2) is 6.25. The van der Waals surface area contributed by atoms with Crippen molar-refractivity contribution in [2.75, 3.05) is 21.3 Å². The Morgan fingerprint density at radius 1 is 0.789 bits per heavy atom. The third-order valence-electron chi connectivity index (χ3n) is 3.19. The number of rotatable bonds is 5. The van der Waals surface area contributed by atoms with Crippen molar-refractivity contribution in [1.82, 2.24) is 5.32 Å². The number of methoxy groups -OCH3 is 2. The fourth-order valence-corrected chi connectivity index (χ4v) is 2.29. The van der Waals surface area contributed by atoms with E-state index in [4.69, 9.17) is 9.47 Å². The Hall–Kier alpha value is -2.00. The molecule has 2 aromatic rings. The molecule has 0 aromatic heterocycles. The lowest BCUT2D eigenvalue weighted by molar-refractivity contribution is 0.396. The quantitative estimate of drug-likeness (QED) is 0.893. The number of hydrogen-bond donors (Lipinski definition) is 1. The summed E-state index contributed by atoms with van der Waals surface area (Å²) in [5.41, 5.74) is 2.19. The highest BCUT2D eigenvalue weighted by Gasteiger charge is 2.19. The van der Waals surface area contributed by atoms with Crippen molar-refractivity contribution in [2.45, 2.75) is 6.04 Å². The third-order valence-corrected chi connectivity index (χ3v) is 3.19. The molecule has 0 saturated carbocycles. The lowest BCUT2D eigenvalue weighted by Gasteiger charge is -2.21. The minimum Gasteiger partial charge on any atom is -0.496 e. The second-order valence-corrected chi connectivity index (χ2v) is 4.21. The lowest BCUT2D eigenvalue weighted by atomic mass is 9.97. The van der Waals surface area contributed by atoms with E-state index in [1.54, 1.807) is 14.2 Å². The van der Waals surface area contributed by atoms with Crippen LogP contribution in [0.25, 0.3) is 0 Å². The molecule has 0 aliphatic heterocycles. The monoisotopic (exact) mass is 257 g/mol. The van der Waals surface area contributed by atoms with Gasteiger partial charge in [-0.1, -0.05) is 36.4 Å². The zero-order chi connectivity index (χ0) is 13.7. The van der Waals surface area contributed by atoms with Gasteiger partial charge in [-0.2, -0.15) is 0 Å². The Morgan fingerprint density at radius 3 is 1.58 bits per heavy atom. The molecule has 1 N–H and O–H groups in total. The van der Waals surface area contributed by atoms with Crippen molar-refractivity contribution in [3.8, 4) is 11.5 Å². The van der Waals surface area contributed by atoms with Gasteiger partial charge in [0.2, 0.25) is 0 Å². The molecule has 0 atom stereocenters. The van der Waals surface area contributed by atoms with Crippen LogP contribution >= 0.6 is 0 Å². The van der Waals surface area contributed by atoms with Crippen LogP contribution in [0.4, 0.5) is 0 Å². The molecule has 0 spiro atoms. The smallest absolute Gasteiger partial charge is 0.123 e. The lowest BCUT2D eigenvalue weighted by Crippen LogP contribution is -2.19.